The second-order valence-electron chi connectivity index (χ2n) is 6.41. The number of rotatable bonds is 3. The van der Waals surface area contributed by atoms with Crippen molar-refractivity contribution in [3.8, 4) is 11.1 Å². The lowest BCUT2D eigenvalue weighted by molar-refractivity contribution is 0.0600. The molecule has 0 atom stereocenters. The van der Waals surface area contributed by atoms with Crippen LogP contribution < -0.4 is 16.9 Å². The molecule has 0 aliphatic heterocycles. The second kappa shape index (κ2) is 10.4. The number of nitrogens with two attached hydrogens (primary N) is 2. The standard InChI is InChI=1S/C15H14ClNO2.C6H7BClNO2/c1-9-7-11(15(18)19-2)3-5-12(9)10-4-6-13(16)14(17)8-10;8-5-2-1-4(7(10)11)3-6(5)9/h3-8H,17H2,1-2H3;1-3,10-11H,9H2. The van der Waals surface area contributed by atoms with Crippen molar-refractivity contribution in [3.63, 3.8) is 0 Å². The van der Waals surface area contributed by atoms with Crippen LogP contribution >= 0.6 is 23.2 Å². The number of ether oxygens (including phenoxy) is 1. The highest BCUT2D eigenvalue weighted by molar-refractivity contribution is 6.58. The summed E-state index contributed by atoms with van der Waals surface area (Å²) in [5, 5.41) is 18.3. The van der Waals surface area contributed by atoms with Crippen molar-refractivity contribution in [2.24, 2.45) is 0 Å². The van der Waals surface area contributed by atoms with E-state index in [1.54, 1.807) is 18.2 Å². The Morgan fingerprint density at radius 1 is 0.933 bits per heavy atom. The quantitative estimate of drug-likeness (QED) is 0.278. The van der Waals surface area contributed by atoms with Gasteiger partial charge in [0.25, 0.3) is 0 Å². The van der Waals surface area contributed by atoms with E-state index in [1.807, 2.05) is 25.1 Å². The average molecular weight is 447 g/mol. The number of aryl methyl sites for hydroxylation is 1. The van der Waals surface area contributed by atoms with Crippen LogP contribution in [0.3, 0.4) is 0 Å². The van der Waals surface area contributed by atoms with Crippen molar-refractivity contribution >= 4 is 53.1 Å². The number of hydrogen-bond acceptors (Lipinski definition) is 6. The van der Waals surface area contributed by atoms with Crippen LogP contribution in [0.1, 0.15) is 15.9 Å². The molecule has 0 fully saturated rings. The molecule has 3 rings (SSSR count). The van der Waals surface area contributed by atoms with Crippen LogP contribution in [0.25, 0.3) is 11.1 Å². The molecule has 0 amide bonds. The summed E-state index contributed by atoms with van der Waals surface area (Å²) in [6.45, 7) is 1.94. The van der Waals surface area contributed by atoms with Gasteiger partial charge >= 0.3 is 13.1 Å². The summed E-state index contributed by atoms with van der Waals surface area (Å²) in [4.78, 5) is 11.5. The molecule has 6 nitrogen and oxygen atoms in total. The van der Waals surface area contributed by atoms with Gasteiger partial charge in [0.15, 0.2) is 0 Å². The van der Waals surface area contributed by atoms with Gasteiger partial charge in [-0.3, -0.25) is 0 Å². The van der Waals surface area contributed by atoms with Crippen molar-refractivity contribution in [2.75, 3.05) is 18.6 Å². The summed E-state index contributed by atoms with van der Waals surface area (Å²) >= 11 is 11.5. The Kier molecular flexibility index (Phi) is 8.14. The SMILES string of the molecule is COC(=O)c1ccc(-c2ccc(Cl)c(N)c2)c(C)c1.Nc1cc(B(O)O)ccc1Cl. The number of carbonyl (C=O) groups excluding carboxylic acids is 1. The van der Waals surface area contributed by atoms with Crippen LogP contribution in [0.2, 0.25) is 10.0 Å². The number of esters is 1. The van der Waals surface area contributed by atoms with E-state index < -0.39 is 7.12 Å². The predicted molar refractivity (Wildman–Crippen MR) is 123 cm³/mol. The minimum Gasteiger partial charge on any atom is -0.465 e. The Labute approximate surface area is 185 Å². The third kappa shape index (κ3) is 5.90. The van der Waals surface area contributed by atoms with Crippen LogP contribution in [0, 0.1) is 6.92 Å². The summed E-state index contributed by atoms with van der Waals surface area (Å²) in [6, 6.07) is 15.3. The van der Waals surface area contributed by atoms with Gasteiger partial charge in [0.1, 0.15) is 0 Å². The molecule has 9 heteroatoms. The number of halogens is 2. The van der Waals surface area contributed by atoms with E-state index in [0.29, 0.717) is 32.4 Å². The maximum Gasteiger partial charge on any atom is 0.488 e. The van der Waals surface area contributed by atoms with Crippen LogP contribution in [-0.4, -0.2) is 30.2 Å². The first-order valence-electron chi connectivity index (χ1n) is 8.79. The molecule has 0 heterocycles. The topological polar surface area (TPSA) is 119 Å². The van der Waals surface area contributed by atoms with Crippen molar-refractivity contribution in [1.82, 2.24) is 0 Å². The number of nitrogen functional groups attached to an aromatic ring is 2. The predicted octanol–water partition coefficient (Wildman–Crippen LogP) is 3.29. The Morgan fingerprint density at radius 3 is 2.03 bits per heavy atom. The van der Waals surface area contributed by atoms with Gasteiger partial charge in [-0.25, -0.2) is 4.79 Å². The lowest BCUT2D eigenvalue weighted by Crippen LogP contribution is -2.29. The molecule has 0 aromatic heterocycles. The van der Waals surface area contributed by atoms with Gasteiger partial charge in [-0.15, -0.1) is 0 Å². The first-order chi connectivity index (χ1) is 14.1. The van der Waals surface area contributed by atoms with Crippen LogP contribution in [0.4, 0.5) is 11.4 Å². The monoisotopic (exact) mass is 446 g/mol. The van der Waals surface area contributed by atoms with E-state index in [1.165, 1.54) is 25.3 Å². The lowest BCUT2D eigenvalue weighted by atomic mass is 9.80. The zero-order valence-corrected chi connectivity index (χ0v) is 17.9. The molecule has 0 saturated heterocycles. The summed E-state index contributed by atoms with van der Waals surface area (Å²) in [7, 11) is -0.125. The van der Waals surface area contributed by atoms with E-state index >= 15 is 0 Å². The van der Waals surface area contributed by atoms with Crippen LogP contribution in [0.5, 0.6) is 0 Å². The maximum absolute atomic E-state index is 11.5. The largest absolute Gasteiger partial charge is 0.488 e. The summed E-state index contributed by atoms with van der Waals surface area (Å²) in [5.41, 5.74) is 15.9. The zero-order chi connectivity index (χ0) is 22.4. The molecule has 0 saturated carbocycles. The van der Waals surface area contributed by atoms with Gasteiger partial charge in [0.2, 0.25) is 0 Å². The van der Waals surface area contributed by atoms with Gasteiger partial charge in [-0.1, -0.05) is 41.4 Å². The lowest BCUT2D eigenvalue weighted by Gasteiger charge is -2.09. The number of hydrogen-bond donors (Lipinski definition) is 4. The normalized spacial score (nSPS) is 10.1. The van der Waals surface area contributed by atoms with Crippen molar-refractivity contribution in [2.45, 2.75) is 6.92 Å². The molecule has 0 aliphatic carbocycles. The Bertz CT molecular complexity index is 1060. The van der Waals surface area contributed by atoms with Gasteiger partial charge < -0.3 is 26.3 Å². The molecule has 0 spiro atoms. The molecular formula is C21H21BCl2N2O4. The molecule has 3 aromatic rings. The molecule has 3 aromatic carbocycles. The third-order valence-corrected chi connectivity index (χ3v) is 4.96. The Balaban J connectivity index is 0.000000248. The summed E-state index contributed by atoms with van der Waals surface area (Å²) < 4.78 is 4.70. The molecule has 0 bridgehead atoms. The van der Waals surface area contributed by atoms with Gasteiger partial charge in [-0.05, 0) is 65.5 Å². The first-order valence-corrected chi connectivity index (χ1v) is 9.55. The van der Waals surface area contributed by atoms with Crippen molar-refractivity contribution in [3.05, 3.63) is 75.8 Å². The number of benzene rings is 3. The third-order valence-electron chi connectivity index (χ3n) is 4.27. The number of carbonyl (C=O) groups is 1. The Morgan fingerprint density at radius 2 is 1.53 bits per heavy atom. The fraction of sp³-hybridized carbons (Fsp3) is 0.0952. The number of methoxy groups -OCH3 is 1. The van der Waals surface area contributed by atoms with Gasteiger partial charge in [0.05, 0.1) is 28.4 Å². The van der Waals surface area contributed by atoms with Crippen LogP contribution in [0.15, 0.2) is 54.6 Å². The molecule has 0 radical (unpaired) electrons. The van der Waals surface area contributed by atoms with E-state index in [4.69, 9.17) is 49.5 Å². The van der Waals surface area contributed by atoms with Crippen molar-refractivity contribution < 1.29 is 19.6 Å². The highest BCUT2D eigenvalue weighted by atomic mass is 35.5. The van der Waals surface area contributed by atoms with Gasteiger partial charge in [0, 0.05) is 5.69 Å². The highest BCUT2D eigenvalue weighted by Gasteiger charge is 2.11. The smallest absolute Gasteiger partial charge is 0.465 e. The summed E-state index contributed by atoms with van der Waals surface area (Å²) in [6.07, 6.45) is 0. The molecule has 0 unspecified atom stereocenters. The Hall–Kier alpha value is -2.71. The minimum absolute atomic E-state index is 0.340. The zero-order valence-electron chi connectivity index (χ0n) is 16.4. The summed E-state index contributed by atoms with van der Waals surface area (Å²) in [5.74, 6) is -0.342. The van der Waals surface area contributed by atoms with Gasteiger partial charge in [-0.2, -0.15) is 0 Å². The molecule has 156 valence electrons. The van der Waals surface area contributed by atoms with E-state index in [2.05, 4.69) is 0 Å². The maximum atomic E-state index is 11.5. The molecular weight excluding hydrogens is 426 g/mol. The first kappa shape index (κ1) is 23.6. The fourth-order valence-electron chi connectivity index (χ4n) is 2.67. The van der Waals surface area contributed by atoms with Crippen LogP contribution in [-0.2, 0) is 4.74 Å². The van der Waals surface area contributed by atoms with E-state index in [9.17, 15) is 4.79 Å². The second-order valence-corrected chi connectivity index (χ2v) is 7.23. The average Bonchev–Trinajstić information content (AvgIpc) is 2.72. The molecule has 30 heavy (non-hydrogen) atoms. The molecule has 6 N–H and O–H groups in total. The van der Waals surface area contributed by atoms with Crippen molar-refractivity contribution in [1.29, 1.82) is 0 Å². The highest BCUT2D eigenvalue weighted by Crippen LogP contribution is 2.29. The van der Waals surface area contributed by atoms with E-state index in [-0.39, 0.29) is 5.97 Å². The molecule has 0 aliphatic rings. The number of anilines is 2. The van der Waals surface area contributed by atoms with E-state index in [0.717, 1.165) is 16.7 Å². The fourth-order valence-corrected chi connectivity index (χ4v) is 2.90. The minimum atomic E-state index is -1.49.